The lowest BCUT2D eigenvalue weighted by atomic mass is 10.1. The smallest absolute Gasteiger partial charge is 0.374 e. The van der Waals surface area contributed by atoms with Crippen molar-refractivity contribution in [1.82, 2.24) is 0 Å². The maximum Gasteiger partial charge on any atom is 0.534 e. The second kappa shape index (κ2) is 5.32. The van der Waals surface area contributed by atoms with Crippen LogP contribution in [0.2, 0.25) is 0 Å². The summed E-state index contributed by atoms with van der Waals surface area (Å²) in [6, 6.07) is 8.77. The van der Waals surface area contributed by atoms with Gasteiger partial charge < -0.3 is 4.18 Å². The van der Waals surface area contributed by atoms with Crippen LogP contribution in [0.1, 0.15) is 12.5 Å². The van der Waals surface area contributed by atoms with E-state index in [0.717, 1.165) is 6.92 Å². The summed E-state index contributed by atoms with van der Waals surface area (Å²) in [5.41, 5.74) is -5.77. The van der Waals surface area contributed by atoms with E-state index < -0.39 is 21.4 Å². The van der Waals surface area contributed by atoms with E-state index in [-0.39, 0.29) is 11.1 Å². The first kappa shape index (κ1) is 15.0. The van der Waals surface area contributed by atoms with Crippen LogP contribution < -0.4 is 0 Å². The molecule has 8 heteroatoms. The molecule has 0 saturated heterocycles. The topological polar surface area (TPSA) is 67.2 Å². The molecule has 0 aliphatic carbocycles. The van der Waals surface area contributed by atoms with Crippen molar-refractivity contribution in [3.63, 3.8) is 0 Å². The van der Waals surface area contributed by atoms with Gasteiger partial charge in [0.15, 0.2) is 5.76 Å². The van der Waals surface area contributed by atoms with Gasteiger partial charge in [-0.15, -0.1) is 0 Å². The van der Waals surface area contributed by atoms with Crippen molar-refractivity contribution < 1.29 is 25.8 Å². The van der Waals surface area contributed by atoms with Crippen molar-refractivity contribution in [2.24, 2.45) is 0 Å². The third kappa shape index (κ3) is 3.48. The average Bonchev–Trinajstić information content (AvgIpc) is 2.35. The maximum absolute atomic E-state index is 12.3. The van der Waals surface area contributed by atoms with Crippen LogP contribution in [0.25, 0.3) is 5.76 Å². The van der Waals surface area contributed by atoms with Crippen LogP contribution >= 0.6 is 0 Å². The molecule has 0 radical (unpaired) electrons. The van der Waals surface area contributed by atoms with Crippen molar-refractivity contribution in [1.29, 1.82) is 5.26 Å². The first-order valence-electron chi connectivity index (χ1n) is 4.86. The van der Waals surface area contributed by atoms with E-state index in [1.165, 1.54) is 24.3 Å². The lowest BCUT2D eigenvalue weighted by Gasteiger charge is -2.13. The maximum atomic E-state index is 12.3. The zero-order valence-corrected chi connectivity index (χ0v) is 10.4. The van der Waals surface area contributed by atoms with Crippen LogP contribution in [0.4, 0.5) is 13.2 Å². The van der Waals surface area contributed by atoms with Gasteiger partial charge in [0.05, 0.1) is 11.6 Å². The molecule has 0 aliphatic rings. The molecule has 0 aromatic heterocycles. The first-order chi connectivity index (χ1) is 8.69. The van der Waals surface area contributed by atoms with Crippen LogP contribution in [-0.2, 0) is 14.3 Å². The zero-order valence-electron chi connectivity index (χ0n) is 9.60. The fourth-order valence-corrected chi connectivity index (χ4v) is 1.66. The third-order valence-corrected chi connectivity index (χ3v) is 2.97. The van der Waals surface area contributed by atoms with Gasteiger partial charge in [-0.3, -0.25) is 0 Å². The highest BCUT2D eigenvalue weighted by Gasteiger charge is 2.49. The van der Waals surface area contributed by atoms with E-state index in [0.29, 0.717) is 0 Å². The van der Waals surface area contributed by atoms with Gasteiger partial charge in [-0.05, 0) is 6.92 Å². The van der Waals surface area contributed by atoms with Crippen LogP contribution in [0.3, 0.4) is 0 Å². The summed E-state index contributed by atoms with van der Waals surface area (Å²) < 4.78 is 62.8. The Labute approximate surface area is 107 Å². The van der Waals surface area contributed by atoms with Gasteiger partial charge in [-0.1, -0.05) is 30.3 Å². The quantitative estimate of drug-likeness (QED) is 0.372. The van der Waals surface area contributed by atoms with E-state index in [2.05, 4.69) is 4.18 Å². The van der Waals surface area contributed by atoms with E-state index in [4.69, 9.17) is 5.26 Å². The number of hydrogen-bond donors (Lipinski definition) is 0. The fraction of sp³-hybridized carbons (Fsp3) is 0.182. The third-order valence-electron chi connectivity index (χ3n) is 2.02. The van der Waals surface area contributed by atoms with Crippen molar-refractivity contribution in [2.45, 2.75) is 12.4 Å². The number of benzene rings is 1. The molecule has 102 valence electrons. The summed E-state index contributed by atoms with van der Waals surface area (Å²) in [5, 5.41) is 8.70. The normalized spacial score (nSPS) is 13.4. The molecule has 19 heavy (non-hydrogen) atoms. The summed E-state index contributed by atoms with van der Waals surface area (Å²) in [6.45, 7) is 1.16. The van der Waals surface area contributed by atoms with Gasteiger partial charge in [0.2, 0.25) is 0 Å². The first-order valence-corrected chi connectivity index (χ1v) is 6.27. The van der Waals surface area contributed by atoms with E-state index >= 15 is 0 Å². The Hall–Kier alpha value is -2.01. The van der Waals surface area contributed by atoms with Crippen LogP contribution in [0, 0.1) is 11.3 Å². The van der Waals surface area contributed by atoms with Gasteiger partial charge in [-0.25, -0.2) is 0 Å². The monoisotopic (exact) mass is 291 g/mol. The molecule has 0 bridgehead atoms. The summed E-state index contributed by atoms with van der Waals surface area (Å²) in [7, 11) is -5.81. The van der Waals surface area contributed by atoms with Crippen LogP contribution in [0.5, 0.6) is 0 Å². The molecule has 0 N–H and O–H groups in total. The van der Waals surface area contributed by atoms with Crippen LogP contribution in [0.15, 0.2) is 35.9 Å². The van der Waals surface area contributed by atoms with Gasteiger partial charge >= 0.3 is 15.6 Å². The standard InChI is InChI=1S/C11H8F3NO3S/c1-8(7-15)10(9-5-3-2-4-6-9)18-19(16,17)11(12,13)14/h2-6H,1H3/b10-8+. The number of nitrogens with zero attached hydrogens (tertiary/aromatic N) is 1. The molecule has 0 unspecified atom stereocenters. The molecule has 0 heterocycles. The summed E-state index contributed by atoms with van der Waals surface area (Å²) in [5.74, 6) is -0.638. The number of rotatable bonds is 3. The van der Waals surface area contributed by atoms with Crippen molar-refractivity contribution in [3.8, 4) is 6.07 Å². The molecular formula is C11H8F3NO3S. The Morgan fingerprint density at radius 2 is 1.79 bits per heavy atom. The number of alkyl halides is 3. The highest BCUT2D eigenvalue weighted by molar-refractivity contribution is 7.87. The predicted octanol–water partition coefficient (Wildman–Crippen LogP) is 2.81. The second-order valence-electron chi connectivity index (χ2n) is 3.42. The predicted molar refractivity (Wildman–Crippen MR) is 60.7 cm³/mol. The van der Waals surface area contributed by atoms with Crippen molar-refractivity contribution in [3.05, 3.63) is 41.5 Å². The fourth-order valence-electron chi connectivity index (χ4n) is 1.12. The van der Waals surface area contributed by atoms with Gasteiger partial charge in [0.25, 0.3) is 0 Å². The molecule has 0 amide bonds. The molecule has 1 rings (SSSR count). The molecular weight excluding hydrogens is 283 g/mol. The molecule has 1 aromatic rings. The number of allylic oxidation sites excluding steroid dienone is 1. The molecule has 0 fully saturated rings. The molecule has 0 spiro atoms. The minimum atomic E-state index is -5.81. The molecule has 1 aromatic carbocycles. The van der Waals surface area contributed by atoms with E-state index in [1.807, 2.05) is 0 Å². The molecule has 0 saturated carbocycles. The van der Waals surface area contributed by atoms with E-state index in [1.54, 1.807) is 12.1 Å². The Morgan fingerprint density at radius 1 is 1.26 bits per heavy atom. The SMILES string of the molecule is C/C(C#N)=C(\OS(=O)(=O)C(F)(F)F)c1ccccc1. The molecule has 4 nitrogen and oxygen atoms in total. The highest BCUT2D eigenvalue weighted by Crippen LogP contribution is 2.31. The van der Waals surface area contributed by atoms with Crippen LogP contribution in [-0.4, -0.2) is 13.9 Å². The van der Waals surface area contributed by atoms with Crippen molar-refractivity contribution in [2.75, 3.05) is 0 Å². The largest absolute Gasteiger partial charge is 0.534 e. The molecule has 0 aliphatic heterocycles. The average molecular weight is 291 g/mol. The Morgan fingerprint density at radius 3 is 2.21 bits per heavy atom. The zero-order chi connectivity index (χ0) is 14.7. The lowest BCUT2D eigenvalue weighted by Crippen LogP contribution is -2.25. The van der Waals surface area contributed by atoms with Gasteiger partial charge in [0, 0.05) is 5.56 Å². The second-order valence-corrected chi connectivity index (χ2v) is 4.95. The Kier molecular flexibility index (Phi) is 4.21. The van der Waals surface area contributed by atoms with Crippen molar-refractivity contribution >= 4 is 15.9 Å². The molecule has 0 atom stereocenters. The lowest BCUT2D eigenvalue weighted by molar-refractivity contribution is -0.0509. The van der Waals surface area contributed by atoms with E-state index in [9.17, 15) is 21.6 Å². The summed E-state index contributed by atoms with van der Waals surface area (Å²) in [6.07, 6.45) is 0. The minimum Gasteiger partial charge on any atom is -0.374 e. The van der Waals surface area contributed by atoms with Gasteiger partial charge in [0.1, 0.15) is 0 Å². The number of halogens is 3. The minimum absolute atomic E-state index is 0.0642. The number of hydrogen-bond acceptors (Lipinski definition) is 4. The summed E-state index contributed by atoms with van der Waals surface area (Å²) >= 11 is 0. The number of nitriles is 1. The highest BCUT2D eigenvalue weighted by atomic mass is 32.2. The Balaban J connectivity index is 3.30. The summed E-state index contributed by atoms with van der Waals surface area (Å²) in [4.78, 5) is 0. The Bertz CT molecular complexity index is 627. The van der Waals surface area contributed by atoms with Gasteiger partial charge in [-0.2, -0.15) is 26.9 Å².